The average Bonchev–Trinajstić information content (AvgIpc) is 2.39. The van der Waals surface area contributed by atoms with Gasteiger partial charge >= 0.3 is 0 Å². The molecular formula is C13H16BrN3OS. The van der Waals surface area contributed by atoms with Gasteiger partial charge in [-0.25, -0.2) is 4.98 Å². The Morgan fingerprint density at radius 3 is 2.58 bits per heavy atom. The molecule has 0 atom stereocenters. The molecular weight excluding hydrogens is 326 g/mol. The summed E-state index contributed by atoms with van der Waals surface area (Å²) < 4.78 is 0.865. The number of rotatable bonds is 2. The van der Waals surface area contributed by atoms with Gasteiger partial charge in [-0.2, -0.15) is 0 Å². The van der Waals surface area contributed by atoms with Gasteiger partial charge in [-0.05, 0) is 40.9 Å². The second-order valence-corrected chi connectivity index (χ2v) is 6.43. The third-order valence-electron chi connectivity index (χ3n) is 3.70. The summed E-state index contributed by atoms with van der Waals surface area (Å²) in [5, 5.41) is 0. The highest BCUT2D eigenvalue weighted by Crippen LogP contribution is 2.31. The summed E-state index contributed by atoms with van der Waals surface area (Å²) >= 11 is 8.40. The van der Waals surface area contributed by atoms with Crippen LogP contribution in [0.3, 0.4) is 0 Å². The Bertz CT molecular complexity index is 495. The molecule has 0 radical (unpaired) electrons. The molecule has 1 fully saturated rings. The highest BCUT2D eigenvalue weighted by atomic mass is 79.9. The summed E-state index contributed by atoms with van der Waals surface area (Å²) in [5.74, 6) is -0.0301. The molecule has 6 heteroatoms. The monoisotopic (exact) mass is 341 g/mol. The van der Waals surface area contributed by atoms with Gasteiger partial charge in [0.1, 0.15) is 5.69 Å². The topological polar surface area (TPSA) is 59.2 Å². The Hall–Kier alpha value is -1.01. The van der Waals surface area contributed by atoms with E-state index >= 15 is 0 Å². The van der Waals surface area contributed by atoms with E-state index in [-0.39, 0.29) is 11.3 Å². The minimum absolute atomic E-state index is 0.0301. The molecule has 1 saturated heterocycles. The Morgan fingerprint density at radius 2 is 2.11 bits per heavy atom. The number of aromatic nitrogens is 1. The fourth-order valence-electron chi connectivity index (χ4n) is 2.11. The average molecular weight is 342 g/mol. The molecule has 2 N–H and O–H groups in total. The standard InChI is InChI=1S/C13H16BrN3OS/c1-13(12(15)19)4-6-17(7-5-13)11(18)10-3-2-9(14)8-16-10/h2-3,8H,4-7H2,1H3,(H2,15,19). The van der Waals surface area contributed by atoms with Gasteiger partial charge in [-0.3, -0.25) is 4.79 Å². The van der Waals surface area contributed by atoms with Crippen molar-refractivity contribution in [3.63, 3.8) is 0 Å². The zero-order valence-electron chi connectivity index (χ0n) is 10.7. The molecule has 102 valence electrons. The molecule has 1 aliphatic rings. The molecule has 2 heterocycles. The van der Waals surface area contributed by atoms with E-state index in [0.29, 0.717) is 23.8 Å². The van der Waals surface area contributed by atoms with E-state index in [4.69, 9.17) is 18.0 Å². The minimum Gasteiger partial charge on any atom is -0.393 e. The fraction of sp³-hybridized carbons (Fsp3) is 0.462. The number of carbonyl (C=O) groups is 1. The normalized spacial score (nSPS) is 18.1. The first kappa shape index (κ1) is 14.4. The first-order valence-electron chi connectivity index (χ1n) is 6.13. The maximum Gasteiger partial charge on any atom is 0.272 e. The van der Waals surface area contributed by atoms with Crippen LogP contribution in [0, 0.1) is 5.41 Å². The predicted octanol–water partition coefficient (Wildman–Crippen LogP) is 2.37. The number of thiocarbonyl (C=S) groups is 1. The number of amides is 1. The van der Waals surface area contributed by atoms with E-state index in [1.807, 2.05) is 11.0 Å². The van der Waals surface area contributed by atoms with E-state index in [1.54, 1.807) is 12.3 Å². The van der Waals surface area contributed by atoms with Gasteiger partial charge < -0.3 is 10.6 Å². The lowest BCUT2D eigenvalue weighted by Gasteiger charge is -2.38. The zero-order chi connectivity index (χ0) is 14.0. The summed E-state index contributed by atoms with van der Waals surface area (Å²) in [6, 6.07) is 3.55. The first-order valence-corrected chi connectivity index (χ1v) is 7.33. The highest BCUT2D eigenvalue weighted by Gasteiger charge is 2.34. The SMILES string of the molecule is CC1(C(N)=S)CCN(C(=O)c2ccc(Br)cn2)CC1. The van der Waals surface area contributed by atoms with Gasteiger partial charge in [0, 0.05) is 29.2 Å². The summed E-state index contributed by atoms with van der Waals surface area (Å²) in [4.78, 5) is 18.8. The maximum atomic E-state index is 12.3. The number of hydrogen-bond donors (Lipinski definition) is 1. The molecule has 0 saturated carbocycles. The second kappa shape index (κ2) is 5.54. The van der Waals surface area contributed by atoms with Crippen LogP contribution in [0.15, 0.2) is 22.8 Å². The molecule has 1 amide bonds. The van der Waals surface area contributed by atoms with Crippen LogP contribution in [0.1, 0.15) is 30.3 Å². The smallest absolute Gasteiger partial charge is 0.272 e. The van der Waals surface area contributed by atoms with Gasteiger partial charge in [-0.1, -0.05) is 19.1 Å². The lowest BCUT2D eigenvalue weighted by molar-refractivity contribution is 0.0664. The number of carbonyl (C=O) groups excluding carboxylic acids is 1. The van der Waals surface area contributed by atoms with Crippen LogP contribution >= 0.6 is 28.1 Å². The van der Waals surface area contributed by atoms with Crippen molar-refractivity contribution in [3.05, 3.63) is 28.5 Å². The third-order valence-corrected chi connectivity index (χ3v) is 4.66. The second-order valence-electron chi connectivity index (χ2n) is 5.08. The molecule has 1 aliphatic heterocycles. The van der Waals surface area contributed by atoms with Crippen LogP contribution in [0.4, 0.5) is 0 Å². The summed E-state index contributed by atoms with van der Waals surface area (Å²) in [6.45, 7) is 3.41. The summed E-state index contributed by atoms with van der Waals surface area (Å²) in [5.41, 5.74) is 6.11. The number of likely N-dealkylation sites (tertiary alicyclic amines) is 1. The predicted molar refractivity (Wildman–Crippen MR) is 82.0 cm³/mol. The van der Waals surface area contributed by atoms with Crippen LogP contribution < -0.4 is 5.73 Å². The Balaban J connectivity index is 2.04. The van der Waals surface area contributed by atoms with Crippen molar-refractivity contribution in [1.29, 1.82) is 0 Å². The Labute approximate surface area is 126 Å². The van der Waals surface area contributed by atoms with Gasteiger partial charge in [0.25, 0.3) is 5.91 Å². The number of hydrogen-bond acceptors (Lipinski definition) is 3. The van der Waals surface area contributed by atoms with Crippen LogP contribution in [0.25, 0.3) is 0 Å². The largest absolute Gasteiger partial charge is 0.393 e. The van der Waals surface area contributed by atoms with Crippen LogP contribution in [0.5, 0.6) is 0 Å². The molecule has 0 spiro atoms. The van der Waals surface area contributed by atoms with E-state index in [9.17, 15) is 4.79 Å². The van der Waals surface area contributed by atoms with Crippen LogP contribution in [0.2, 0.25) is 0 Å². The molecule has 0 aliphatic carbocycles. The number of pyridine rings is 1. The van der Waals surface area contributed by atoms with E-state index < -0.39 is 0 Å². The molecule has 1 aromatic rings. The first-order chi connectivity index (χ1) is 8.92. The summed E-state index contributed by atoms with van der Waals surface area (Å²) in [6.07, 6.45) is 3.26. The molecule has 0 unspecified atom stereocenters. The minimum atomic E-state index is -0.126. The molecule has 0 bridgehead atoms. The van der Waals surface area contributed by atoms with E-state index in [1.165, 1.54) is 0 Å². The fourth-order valence-corrected chi connectivity index (χ4v) is 2.55. The van der Waals surface area contributed by atoms with Crippen molar-refractivity contribution in [3.8, 4) is 0 Å². The number of piperidine rings is 1. The molecule has 1 aromatic heterocycles. The quantitative estimate of drug-likeness (QED) is 0.839. The van der Waals surface area contributed by atoms with Gasteiger partial charge in [0.15, 0.2) is 0 Å². The molecule has 4 nitrogen and oxygen atoms in total. The number of nitrogens with zero attached hydrogens (tertiary/aromatic N) is 2. The van der Waals surface area contributed by atoms with Crippen molar-refractivity contribution < 1.29 is 4.79 Å². The van der Waals surface area contributed by atoms with Crippen molar-refractivity contribution in [2.75, 3.05) is 13.1 Å². The summed E-state index contributed by atoms with van der Waals surface area (Å²) in [7, 11) is 0. The van der Waals surface area contributed by atoms with Gasteiger partial charge in [-0.15, -0.1) is 0 Å². The number of nitrogens with two attached hydrogens (primary N) is 1. The maximum absolute atomic E-state index is 12.3. The third kappa shape index (κ3) is 3.12. The lowest BCUT2D eigenvalue weighted by Crippen LogP contribution is -2.46. The zero-order valence-corrected chi connectivity index (χ0v) is 13.1. The van der Waals surface area contributed by atoms with Crippen molar-refractivity contribution in [2.45, 2.75) is 19.8 Å². The highest BCUT2D eigenvalue weighted by molar-refractivity contribution is 9.10. The van der Waals surface area contributed by atoms with E-state index in [0.717, 1.165) is 17.3 Å². The lowest BCUT2D eigenvalue weighted by atomic mass is 9.80. The van der Waals surface area contributed by atoms with Crippen LogP contribution in [-0.2, 0) is 0 Å². The number of halogens is 1. The van der Waals surface area contributed by atoms with Crippen molar-refractivity contribution >= 4 is 39.0 Å². The molecule has 19 heavy (non-hydrogen) atoms. The van der Waals surface area contributed by atoms with Gasteiger partial charge in [0.05, 0.1) is 4.99 Å². The van der Waals surface area contributed by atoms with Gasteiger partial charge in [0.2, 0.25) is 0 Å². The van der Waals surface area contributed by atoms with Crippen molar-refractivity contribution in [1.82, 2.24) is 9.88 Å². The molecule has 0 aromatic carbocycles. The van der Waals surface area contributed by atoms with Crippen molar-refractivity contribution in [2.24, 2.45) is 11.1 Å². The Kier molecular flexibility index (Phi) is 4.20. The van der Waals surface area contributed by atoms with Crippen LogP contribution in [-0.4, -0.2) is 33.9 Å². The van der Waals surface area contributed by atoms with E-state index in [2.05, 4.69) is 27.8 Å². The molecule has 2 rings (SSSR count). The Morgan fingerprint density at radius 1 is 1.47 bits per heavy atom.